The Kier molecular flexibility index (Phi) is 3.97. The lowest BCUT2D eigenvalue weighted by Crippen LogP contribution is -2.53. The van der Waals surface area contributed by atoms with Crippen molar-refractivity contribution in [2.75, 3.05) is 13.2 Å². The Hall–Kier alpha value is -1.69. The molecule has 27 heavy (non-hydrogen) atoms. The largest absolute Gasteiger partial charge is 0.374 e. The Morgan fingerprint density at radius 2 is 1.67 bits per heavy atom. The third-order valence-corrected chi connectivity index (χ3v) is 8.64. The second-order valence-corrected chi connectivity index (χ2v) is 10.1. The van der Waals surface area contributed by atoms with E-state index in [9.17, 15) is 8.42 Å². The molecule has 2 aliphatic heterocycles. The lowest BCUT2D eigenvalue weighted by molar-refractivity contribution is -0.120. The topological polar surface area (TPSA) is 46.6 Å². The molecule has 2 fully saturated rings. The van der Waals surface area contributed by atoms with Crippen LogP contribution in [0.3, 0.4) is 0 Å². The summed E-state index contributed by atoms with van der Waals surface area (Å²) in [6.07, 6.45) is 3.48. The molecule has 5 heteroatoms. The van der Waals surface area contributed by atoms with Gasteiger partial charge in [0.1, 0.15) is 0 Å². The SMILES string of the molecule is Cc1ccc(S(=O)(=O)N2CC[C@H]3[C@@H]2CCOC32Cc3ccccc3C2)cc1. The third-order valence-electron chi connectivity index (χ3n) is 6.70. The number of hydrogen-bond acceptors (Lipinski definition) is 3. The maximum Gasteiger partial charge on any atom is 0.243 e. The van der Waals surface area contributed by atoms with Crippen LogP contribution in [0, 0.1) is 12.8 Å². The molecule has 0 saturated carbocycles. The number of hydrogen-bond donors (Lipinski definition) is 0. The number of rotatable bonds is 2. The van der Waals surface area contributed by atoms with Gasteiger partial charge in [0.15, 0.2) is 0 Å². The first-order valence-corrected chi connectivity index (χ1v) is 11.2. The maximum absolute atomic E-state index is 13.3. The molecule has 0 amide bonds. The minimum Gasteiger partial charge on any atom is -0.374 e. The van der Waals surface area contributed by atoms with Crippen molar-refractivity contribution in [3.05, 3.63) is 65.2 Å². The van der Waals surface area contributed by atoms with E-state index in [0.717, 1.165) is 31.2 Å². The third kappa shape index (κ3) is 2.67. The van der Waals surface area contributed by atoms with Crippen molar-refractivity contribution in [2.45, 2.75) is 49.1 Å². The Bertz CT molecular complexity index is 942. The van der Waals surface area contributed by atoms with Gasteiger partial charge in [0, 0.05) is 38.0 Å². The number of ether oxygens (including phenoxy) is 1. The highest BCUT2D eigenvalue weighted by atomic mass is 32.2. The van der Waals surface area contributed by atoms with Gasteiger partial charge < -0.3 is 4.74 Å². The number of aryl methyl sites for hydroxylation is 1. The Labute approximate surface area is 161 Å². The summed E-state index contributed by atoms with van der Waals surface area (Å²) >= 11 is 0. The Morgan fingerprint density at radius 3 is 2.33 bits per heavy atom. The van der Waals surface area contributed by atoms with Gasteiger partial charge in [-0.2, -0.15) is 4.31 Å². The van der Waals surface area contributed by atoms with Gasteiger partial charge in [0.25, 0.3) is 0 Å². The summed E-state index contributed by atoms with van der Waals surface area (Å²) in [5, 5.41) is 0. The van der Waals surface area contributed by atoms with Crippen molar-refractivity contribution >= 4 is 10.0 Å². The smallest absolute Gasteiger partial charge is 0.243 e. The predicted molar refractivity (Wildman–Crippen MR) is 104 cm³/mol. The second-order valence-electron chi connectivity index (χ2n) is 8.22. The average molecular weight is 384 g/mol. The van der Waals surface area contributed by atoms with E-state index >= 15 is 0 Å². The van der Waals surface area contributed by atoms with E-state index in [0.29, 0.717) is 18.0 Å². The lowest BCUT2D eigenvalue weighted by atomic mass is 9.77. The average Bonchev–Trinajstić information content (AvgIpc) is 3.25. The van der Waals surface area contributed by atoms with Crippen molar-refractivity contribution in [1.82, 2.24) is 4.31 Å². The standard InChI is InChI=1S/C22H25NO3S/c1-16-6-8-19(9-7-16)27(24,25)23-12-10-20-21(23)11-13-26-22(20)14-17-4-2-3-5-18(17)15-22/h2-9,20-21H,10-15H2,1H3/t20-,21-/m0/s1. The normalized spacial score (nSPS) is 26.9. The van der Waals surface area contributed by atoms with Crippen LogP contribution in [0.1, 0.15) is 29.5 Å². The maximum atomic E-state index is 13.3. The van der Waals surface area contributed by atoms with E-state index in [2.05, 4.69) is 24.3 Å². The molecule has 0 radical (unpaired) electrons. The molecule has 1 aliphatic carbocycles. The van der Waals surface area contributed by atoms with E-state index in [4.69, 9.17) is 4.74 Å². The molecule has 5 rings (SSSR count). The highest BCUT2D eigenvalue weighted by molar-refractivity contribution is 7.89. The first-order valence-electron chi connectivity index (χ1n) is 9.79. The number of nitrogens with zero attached hydrogens (tertiary/aromatic N) is 1. The molecule has 142 valence electrons. The van der Waals surface area contributed by atoms with Crippen molar-refractivity contribution in [3.8, 4) is 0 Å². The molecule has 1 spiro atoms. The highest BCUT2D eigenvalue weighted by Crippen LogP contribution is 2.49. The zero-order valence-corrected chi connectivity index (χ0v) is 16.4. The molecule has 0 aromatic heterocycles. The van der Waals surface area contributed by atoms with Crippen LogP contribution in [0.2, 0.25) is 0 Å². The first kappa shape index (κ1) is 17.4. The van der Waals surface area contributed by atoms with Gasteiger partial charge in [0.2, 0.25) is 10.0 Å². The minimum atomic E-state index is -3.46. The van der Waals surface area contributed by atoms with E-state index < -0.39 is 10.0 Å². The molecule has 2 heterocycles. The van der Waals surface area contributed by atoms with Crippen LogP contribution < -0.4 is 0 Å². The van der Waals surface area contributed by atoms with Crippen LogP contribution in [-0.2, 0) is 27.6 Å². The summed E-state index contributed by atoms with van der Waals surface area (Å²) < 4.78 is 34.8. The van der Waals surface area contributed by atoms with Crippen LogP contribution in [0.4, 0.5) is 0 Å². The van der Waals surface area contributed by atoms with Gasteiger partial charge >= 0.3 is 0 Å². The van der Waals surface area contributed by atoms with Crippen molar-refractivity contribution in [3.63, 3.8) is 0 Å². The van der Waals surface area contributed by atoms with Crippen LogP contribution in [0.15, 0.2) is 53.4 Å². The summed E-state index contributed by atoms with van der Waals surface area (Å²) in [4.78, 5) is 0.406. The summed E-state index contributed by atoms with van der Waals surface area (Å²) in [7, 11) is -3.46. The summed E-state index contributed by atoms with van der Waals surface area (Å²) in [5.74, 6) is 0.263. The Balaban J connectivity index is 1.46. The molecular formula is C22H25NO3S. The molecular weight excluding hydrogens is 358 g/mol. The van der Waals surface area contributed by atoms with E-state index in [1.807, 2.05) is 19.1 Å². The first-order chi connectivity index (χ1) is 13.0. The number of sulfonamides is 1. The van der Waals surface area contributed by atoms with E-state index in [-0.39, 0.29) is 17.6 Å². The molecule has 0 bridgehead atoms. The minimum absolute atomic E-state index is 0.0411. The lowest BCUT2D eigenvalue weighted by Gasteiger charge is -2.44. The Morgan fingerprint density at radius 1 is 1.00 bits per heavy atom. The summed E-state index contributed by atoms with van der Waals surface area (Å²) in [6.45, 7) is 3.20. The van der Waals surface area contributed by atoms with Gasteiger partial charge in [0.05, 0.1) is 10.5 Å². The number of benzene rings is 2. The van der Waals surface area contributed by atoms with Crippen molar-refractivity contribution in [1.29, 1.82) is 0 Å². The molecule has 2 aromatic rings. The van der Waals surface area contributed by atoms with Gasteiger partial charge in [-0.25, -0.2) is 8.42 Å². The van der Waals surface area contributed by atoms with E-state index in [1.165, 1.54) is 11.1 Å². The van der Waals surface area contributed by atoms with Crippen LogP contribution in [0.5, 0.6) is 0 Å². The van der Waals surface area contributed by atoms with Crippen molar-refractivity contribution in [2.24, 2.45) is 5.92 Å². The molecule has 2 atom stereocenters. The fourth-order valence-corrected chi connectivity index (χ4v) is 7.10. The van der Waals surface area contributed by atoms with E-state index in [1.54, 1.807) is 16.4 Å². The molecule has 4 nitrogen and oxygen atoms in total. The molecule has 0 unspecified atom stereocenters. The van der Waals surface area contributed by atoms with Crippen LogP contribution in [-0.4, -0.2) is 37.5 Å². The van der Waals surface area contributed by atoms with Gasteiger partial charge in [-0.15, -0.1) is 0 Å². The van der Waals surface area contributed by atoms with Crippen LogP contribution >= 0.6 is 0 Å². The van der Waals surface area contributed by atoms with Gasteiger partial charge in [-0.3, -0.25) is 0 Å². The second kappa shape index (κ2) is 6.16. The predicted octanol–water partition coefficient (Wildman–Crippen LogP) is 3.33. The van der Waals surface area contributed by atoms with Gasteiger partial charge in [-0.05, 0) is 43.0 Å². The van der Waals surface area contributed by atoms with Gasteiger partial charge in [-0.1, -0.05) is 42.0 Å². The number of fused-ring (bicyclic) bond motifs is 3. The zero-order chi connectivity index (χ0) is 18.6. The van der Waals surface area contributed by atoms with Crippen molar-refractivity contribution < 1.29 is 13.2 Å². The molecule has 3 aliphatic rings. The molecule has 2 aromatic carbocycles. The zero-order valence-electron chi connectivity index (χ0n) is 15.6. The molecule has 0 N–H and O–H groups in total. The monoisotopic (exact) mass is 383 g/mol. The summed E-state index contributed by atoms with van der Waals surface area (Å²) in [6, 6.07) is 15.8. The quantitative estimate of drug-likeness (QED) is 0.799. The highest BCUT2D eigenvalue weighted by Gasteiger charge is 2.56. The summed E-state index contributed by atoms with van der Waals surface area (Å²) in [5.41, 5.74) is 3.56. The molecule has 2 saturated heterocycles. The fraction of sp³-hybridized carbons (Fsp3) is 0.455. The fourth-order valence-electron chi connectivity index (χ4n) is 5.39. The van der Waals surface area contributed by atoms with Crippen LogP contribution in [0.25, 0.3) is 0 Å².